The minimum Gasteiger partial charge on any atom is -0.464 e. The largest absolute Gasteiger partial charge is 0.464 e. The Balaban J connectivity index is 3.04. The van der Waals surface area contributed by atoms with Crippen LogP contribution in [0.1, 0.15) is 16.2 Å². The van der Waals surface area contributed by atoms with E-state index in [0.29, 0.717) is 5.69 Å². The average Bonchev–Trinajstić information content (AvgIpc) is 2.32. The van der Waals surface area contributed by atoms with Crippen molar-refractivity contribution in [3.8, 4) is 0 Å². The molecule has 4 nitrogen and oxygen atoms in total. The van der Waals surface area contributed by atoms with Gasteiger partial charge >= 0.3 is 5.97 Å². The van der Waals surface area contributed by atoms with Gasteiger partial charge in [0.15, 0.2) is 5.69 Å². The first kappa shape index (κ1) is 8.51. The molecule has 0 amide bonds. The number of hydrogen-bond donors (Lipinski definition) is 1. The first-order valence-corrected chi connectivity index (χ1v) is 4.03. The zero-order valence-electron chi connectivity index (χ0n) is 6.14. The highest BCUT2D eigenvalue weighted by Gasteiger charge is 2.14. The zero-order valence-corrected chi connectivity index (χ0v) is 8.30. The van der Waals surface area contributed by atoms with Crippen LogP contribution in [0, 0.1) is 10.5 Å². The highest BCUT2D eigenvalue weighted by molar-refractivity contribution is 14.1. The Morgan fingerprint density at radius 3 is 2.73 bits per heavy atom. The van der Waals surface area contributed by atoms with Crippen LogP contribution < -0.4 is 0 Å². The van der Waals surface area contributed by atoms with Crippen molar-refractivity contribution in [2.24, 2.45) is 0 Å². The molecule has 5 heteroatoms. The summed E-state index contributed by atoms with van der Waals surface area (Å²) in [5, 5.41) is 6.47. The van der Waals surface area contributed by atoms with Crippen LogP contribution in [0.2, 0.25) is 0 Å². The summed E-state index contributed by atoms with van der Waals surface area (Å²) in [5.74, 6) is -0.404. The molecule has 0 spiro atoms. The number of nitrogens with one attached hydrogen (secondary N) is 1. The van der Waals surface area contributed by atoms with Gasteiger partial charge in [0.2, 0.25) is 0 Å². The van der Waals surface area contributed by atoms with E-state index in [-0.39, 0.29) is 0 Å². The van der Waals surface area contributed by atoms with Crippen molar-refractivity contribution in [1.29, 1.82) is 0 Å². The summed E-state index contributed by atoms with van der Waals surface area (Å²) in [4.78, 5) is 10.9. The number of carbonyl (C=O) groups excluding carboxylic acids is 1. The summed E-state index contributed by atoms with van der Waals surface area (Å²) in [7, 11) is 1.34. The monoisotopic (exact) mass is 266 g/mol. The molecule has 0 aliphatic rings. The van der Waals surface area contributed by atoms with Crippen molar-refractivity contribution >= 4 is 28.6 Å². The molecule has 11 heavy (non-hydrogen) atoms. The van der Waals surface area contributed by atoms with E-state index >= 15 is 0 Å². The van der Waals surface area contributed by atoms with Gasteiger partial charge in [-0.3, -0.25) is 5.10 Å². The van der Waals surface area contributed by atoms with Crippen molar-refractivity contribution < 1.29 is 9.53 Å². The highest BCUT2D eigenvalue weighted by atomic mass is 127. The number of aromatic amines is 1. The number of aryl methyl sites for hydroxylation is 1. The lowest BCUT2D eigenvalue weighted by Crippen LogP contribution is -2.03. The summed E-state index contributed by atoms with van der Waals surface area (Å²) >= 11 is 2.04. The smallest absolute Gasteiger partial charge is 0.359 e. The van der Waals surface area contributed by atoms with Gasteiger partial charge in [0.25, 0.3) is 0 Å². The van der Waals surface area contributed by atoms with Crippen molar-refractivity contribution in [3.05, 3.63) is 15.0 Å². The summed E-state index contributed by atoms with van der Waals surface area (Å²) in [6.45, 7) is 1.85. The first-order chi connectivity index (χ1) is 5.16. The summed E-state index contributed by atoms with van der Waals surface area (Å²) in [6.07, 6.45) is 0. The van der Waals surface area contributed by atoms with Gasteiger partial charge in [-0.15, -0.1) is 0 Å². The van der Waals surface area contributed by atoms with Crippen LogP contribution in [-0.2, 0) is 4.74 Å². The quantitative estimate of drug-likeness (QED) is 0.612. The number of halogens is 1. The zero-order chi connectivity index (χ0) is 8.43. The Bertz CT molecular complexity index is 282. The molecule has 1 rings (SSSR count). The van der Waals surface area contributed by atoms with Gasteiger partial charge in [-0.1, -0.05) is 0 Å². The number of esters is 1. The number of rotatable bonds is 1. The number of H-pyrrole nitrogens is 1. The van der Waals surface area contributed by atoms with Crippen molar-refractivity contribution in [2.45, 2.75) is 6.92 Å². The van der Waals surface area contributed by atoms with Gasteiger partial charge in [-0.25, -0.2) is 4.79 Å². The van der Waals surface area contributed by atoms with E-state index in [0.717, 1.165) is 9.26 Å². The van der Waals surface area contributed by atoms with E-state index in [1.165, 1.54) is 7.11 Å². The van der Waals surface area contributed by atoms with Crippen LogP contribution in [0.4, 0.5) is 0 Å². The second kappa shape index (κ2) is 3.21. The molecule has 1 aromatic rings. The molecule has 0 aliphatic heterocycles. The van der Waals surface area contributed by atoms with E-state index in [2.05, 4.69) is 14.9 Å². The third-order valence-corrected chi connectivity index (χ3v) is 2.57. The SMILES string of the molecule is COC(=O)c1n[nH]c(C)c1I. The molecule has 0 saturated carbocycles. The van der Waals surface area contributed by atoms with Gasteiger partial charge in [0, 0.05) is 5.69 Å². The molecule has 0 fully saturated rings. The molecule has 0 atom stereocenters. The number of carbonyl (C=O) groups is 1. The van der Waals surface area contributed by atoms with Crippen LogP contribution >= 0.6 is 22.6 Å². The van der Waals surface area contributed by atoms with Gasteiger partial charge in [0.05, 0.1) is 10.7 Å². The molecular formula is C6H7IN2O2. The maximum atomic E-state index is 10.9. The highest BCUT2D eigenvalue weighted by Crippen LogP contribution is 2.13. The summed E-state index contributed by atoms with van der Waals surface area (Å²) < 4.78 is 5.32. The van der Waals surface area contributed by atoms with Gasteiger partial charge in [0.1, 0.15) is 0 Å². The van der Waals surface area contributed by atoms with Crippen molar-refractivity contribution in [2.75, 3.05) is 7.11 Å². The topological polar surface area (TPSA) is 55.0 Å². The fourth-order valence-electron chi connectivity index (χ4n) is 0.647. The van der Waals surface area contributed by atoms with Gasteiger partial charge < -0.3 is 4.74 Å². The third kappa shape index (κ3) is 1.52. The molecule has 0 unspecified atom stereocenters. The Kier molecular flexibility index (Phi) is 2.48. The van der Waals surface area contributed by atoms with Crippen molar-refractivity contribution in [3.63, 3.8) is 0 Å². The van der Waals surface area contributed by atoms with Crippen LogP contribution in [0.15, 0.2) is 0 Å². The minimum atomic E-state index is -0.404. The average molecular weight is 266 g/mol. The number of methoxy groups -OCH3 is 1. The fraction of sp³-hybridized carbons (Fsp3) is 0.333. The predicted octanol–water partition coefficient (Wildman–Crippen LogP) is 1.11. The fourth-order valence-corrected chi connectivity index (χ4v) is 1.11. The van der Waals surface area contributed by atoms with Crippen LogP contribution in [-0.4, -0.2) is 23.3 Å². The number of nitrogens with zero attached hydrogens (tertiary/aromatic N) is 1. The van der Waals surface area contributed by atoms with E-state index in [1.807, 2.05) is 29.5 Å². The minimum absolute atomic E-state index is 0.352. The molecule has 1 aromatic heterocycles. The van der Waals surface area contributed by atoms with Crippen LogP contribution in [0.5, 0.6) is 0 Å². The van der Waals surface area contributed by atoms with Crippen molar-refractivity contribution in [1.82, 2.24) is 10.2 Å². The second-order valence-corrected chi connectivity index (χ2v) is 3.08. The molecule has 0 aliphatic carbocycles. The number of aromatic nitrogens is 2. The Morgan fingerprint density at radius 2 is 2.36 bits per heavy atom. The molecule has 1 heterocycles. The maximum absolute atomic E-state index is 10.9. The van der Waals surface area contributed by atoms with Crippen LogP contribution in [0.3, 0.4) is 0 Å². The lowest BCUT2D eigenvalue weighted by Gasteiger charge is -1.92. The first-order valence-electron chi connectivity index (χ1n) is 2.95. The lowest BCUT2D eigenvalue weighted by molar-refractivity contribution is 0.0593. The molecule has 0 aromatic carbocycles. The molecular weight excluding hydrogens is 259 g/mol. The number of hydrogen-bond acceptors (Lipinski definition) is 3. The van der Waals surface area contributed by atoms with Gasteiger partial charge in [-0.2, -0.15) is 5.10 Å². The van der Waals surface area contributed by atoms with E-state index in [9.17, 15) is 4.79 Å². The Hall–Kier alpha value is -0.590. The maximum Gasteiger partial charge on any atom is 0.359 e. The molecule has 0 radical (unpaired) electrons. The molecule has 0 saturated heterocycles. The number of ether oxygens (including phenoxy) is 1. The molecule has 1 N–H and O–H groups in total. The van der Waals surface area contributed by atoms with E-state index in [1.54, 1.807) is 0 Å². The van der Waals surface area contributed by atoms with Crippen LogP contribution in [0.25, 0.3) is 0 Å². The Morgan fingerprint density at radius 1 is 1.73 bits per heavy atom. The van der Waals surface area contributed by atoms with E-state index < -0.39 is 5.97 Å². The van der Waals surface area contributed by atoms with Gasteiger partial charge in [-0.05, 0) is 29.5 Å². The summed E-state index contributed by atoms with van der Waals surface area (Å²) in [5.41, 5.74) is 1.23. The predicted molar refractivity (Wildman–Crippen MR) is 47.4 cm³/mol. The second-order valence-electron chi connectivity index (χ2n) is 2.00. The normalized spacial score (nSPS) is 9.73. The van der Waals surface area contributed by atoms with E-state index in [4.69, 9.17) is 0 Å². The Labute approximate surface area is 77.5 Å². The molecule has 0 bridgehead atoms. The summed E-state index contributed by atoms with van der Waals surface area (Å²) in [6, 6.07) is 0. The molecule has 60 valence electrons. The lowest BCUT2D eigenvalue weighted by atomic mass is 10.4. The standard InChI is InChI=1S/C6H7IN2O2/c1-3-4(7)5(9-8-3)6(10)11-2/h1-2H3,(H,8,9). The third-order valence-electron chi connectivity index (χ3n) is 1.25.